The third kappa shape index (κ3) is 3.79. The Morgan fingerprint density at radius 2 is 2.40 bits per heavy atom. The van der Waals surface area contributed by atoms with E-state index in [0.29, 0.717) is 11.4 Å². The van der Waals surface area contributed by atoms with E-state index in [1.807, 2.05) is 13.2 Å². The number of aromatic nitrogens is 1. The summed E-state index contributed by atoms with van der Waals surface area (Å²) >= 11 is 1.70. The number of nitrogens with two attached hydrogens (primary N) is 1. The number of pyridine rings is 1. The van der Waals surface area contributed by atoms with Crippen molar-refractivity contribution in [2.45, 2.75) is 13.0 Å². The molecular formula is C10H15N3OS. The second-order valence-electron chi connectivity index (χ2n) is 3.30. The Morgan fingerprint density at radius 3 is 2.93 bits per heavy atom. The molecule has 1 aromatic heterocycles. The normalized spacial score (nSPS) is 12.1. The molecule has 0 saturated heterocycles. The van der Waals surface area contributed by atoms with Crippen LogP contribution in [0.2, 0.25) is 0 Å². The van der Waals surface area contributed by atoms with E-state index in [1.54, 1.807) is 23.9 Å². The Morgan fingerprint density at radius 1 is 1.67 bits per heavy atom. The Labute approximate surface area is 93.7 Å². The summed E-state index contributed by atoms with van der Waals surface area (Å²) in [4.78, 5) is 15.5. The van der Waals surface area contributed by atoms with Crippen molar-refractivity contribution in [3.8, 4) is 0 Å². The number of hydrogen-bond donors (Lipinski definition) is 2. The second-order valence-corrected chi connectivity index (χ2v) is 4.21. The maximum Gasteiger partial charge on any atom is 0.253 e. The molecule has 4 nitrogen and oxygen atoms in total. The van der Waals surface area contributed by atoms with Gasteiger partial charge < -0.3 is 11.1 Å². The SMILES string of the molecule is CSCC(C)NC(=O)c1ccc(N)nc1. The molecule has 1 unspecified atom stereocenters. The molecule has 0 aliphatic heterocycles. The summed E-state index contributed by atoms with van der Waals surface area (Å²) in [5.74, 6) is 1.21. The highest BCUT2D eigenvalue weighted by Gasteiger charge is 2.08. The highest BCUT2D eigenvalue weighted by molar-refractivity contribution is 7.98. The van der Waals surface area contributed by atoms with Crippen molar-refractivity contribution in [2.75, 3.05) is 17.7 Å². The number of carbonyl (C=O) groups excluding carboxylic acids is 1. The molecule has 1 rings (SSSR count). The van der Waals surface area contributed by atoms with E-state index in [0.717, 1.165) is 5.75 Å². The van der Waals surface area contributed by atoms with Crippen LogP contribution in [0.15, 0.2) is 18.3 Å². The molecule has 0 fully saturated rings. The van der Waals surface area contributed by atoms with Crippen molar-refractivity contribution >= 4 is 23.5 Å². The van der Waals surface area contributed by atoms with Gasteiger partial charge in [0.25, 0.3) is 5.91 Å². The monoisotopic (exact) mass is 225 g/mol. The van der Waals surface area contributed by atoms with E-state index in [9.17, 15) is 4.79 Å². The van der Waals surface area contributed by atoms with E-state index in [1.165, 1.54) is 6.20 Å². The summed E-state index contributed by atoms with van der Waals surface area (Å²) in [7, 11) is 0. The molecule has 0 bridgehead atoms. The molecule has 1 heterocycles. The molecule has 1 amide bonds. The fraction of sp³-hybridized carbons (Fsp3) is 0.400. The van der Waals surface area contributed by atoms with Gasteiger partial charge in [0.1, 0.15) is 5.82 Å². The lowest BCUT2D eigenvalue weighted by Gasteiger charge is -2.12. The predicted molar refractivity (Wildman–Crippen MR) is 64.0 cm³/mol. The highest BCUT2D eigenvalue weighted by atomic mass is 32.2. The number of hydrogen-bond acceptors (Lipinski definition) is 4. The van der Waals surface area contributed by atoms with E-state index in [-0.39, 0.29) is 11.9 Å². The lowest BCUT2D eigenvalue weighted by Crippen LogP contribution is -2.34. The summed E-state index contributed by atoms with van der Waals surface area (Å²) in [5.41, 5.74) is 5.97. The smallest absolute Gasteiger partial charge is 0.253 e. The zero-order chi connectivity index (χ0) is 11.3. The molecule has 3 N–H and O–H groups in total. The number of nitrogens with one attached hydrogen (secondary N) is 1. The molecule has 0 saturated carbocycles. The first kappa shape index (κ1) is 11.8. The summed E-state index contributed by atoms with van der Waals surface area (Å²) in [6.45, 7) is 1.97. The lowest BCUT2D eigenvalue weighted by atomic mass is 10.2. The summed E-state index contributed by atoms with van der Waals surface area (Å²) in [6, 6.07) is 3.45. The van der Waals surface area contributed by atoms with Gasteiger partial charge in [0.05, 0.1) is 5.56 Å². The van der Waals surface area contributed by atoms with Crippen molar-refractivity contribution in [1.29, 1.82) is 0 Å². The summed E-state index contributed by atoms with van der Waals surface area (Å²) < 4.78 is 0. The summed E-state index contributed by atoms with van der Waals surface area (Å²) in [5, 5.41) is 2.88. The van der Waals surface area contributed by atoms with Gasteiger partial charge in [-0.25, -0.2) is 4.98 Å². The van der Waals surface area contributed by atoms with Crippen LogP contribution in [0.1, 0.15) is 17.3 Å². The third-order valence-electron chi connectivity index (χ3n) is 1.84. The molecule has 0 radical (unpaired) electrons. The van der Waals surface area contributed by atoms with Crippen molar-refractivity contribution < 1.29 is 4.79 Å². The number of nitrogens with zero attached hydrogens (tertiary/aromatic N) is 1. The first-order valence-electron chi connectivity index (χ1n) is 4.65. The third-order valence-corrected chi connectivity index (χ3v) is 2.68. The van der Waals surface area contributed by atoms with Crippen molar-refractivity contribution in [1.82, 2.24) is 10.3 Å². The van der Waals surface area contributed by atoms with Crippen LogP contribution >= 0.6 is 11.8 Å². The van der Waals surface area contributed by atoms with Gasteiger partial charge in [-0.1, -0.05) is 0 Å². The maximum atomic E-state index is 11.6. The fourth-order valence-corrected chi connectivity index (χ4v) is 1.72. The van der Waals surface area contributed by atoms with Crippen molar-refractivity contribution in [3.05, 3.63) is 23.9 Å². The minimum atomic E-state index is -0.107. The van der Waals surface area contributed by atoms with Crippen LogP contribution in [0.5, 0.6) is 0 Å². The van der Waals surface area contributed by atoms with E-state index < -0.39 is 0 Å². The fourth-order valence-electron chi connectivity index (χ4n) is 1.14. The molecule has 1 atom stereocenters. The van der Waals surface area contributed by atoms with Gasteiger partial charge in [0, 0.05) is 18.0 Å². The number of thioether (sulfide) groups is 1. The quantitative estimate of drug-likeness (QED) is 0.806. The molecule has 0 aliphatic rings. The largest absolute Gasteiger partial charge is 0.384 e. The van der Waals surface area contributed by atoms with Crippen molar-refractivity contribution in [3.63, 3.8) is 0 Å². The van der Waals surface area contributed by atoms with Crippen LogP contribution in [-0.2, 0) is 0 Å². The average molecular weight is 225 g/mol. The van der Waals surface area contributed by atoms with Crippen LogP contribution in [0, 0.1) is 0 Å². The standard InChI is InChI=1S/C10H15N3OS/c1-7(6-15-2)13-10(14)8-3-4-9(11)12-5-8/h3-5,7H,6H2,1-2H3,(H2,11,12)(H,13,14). The second kappa shape index (κ2) is 5.60. The number of carbonyl (C=O) groups is 1. The van der Waals surface area contributed by atoms with Crippen molar-refractivity contribution in [2.24, 2.45) is 0 Å². The highest BCUT2D eigenvalue weighted by Crippen LogP contribution is 2.02. The minimum absolute atomic E-state index is 0.107. The van der Waals surface area contributed by atoms with Gasteiger partial charge >= 0.3 is 0 Å². The average Bonchev–Trinajstić information content (AvgIpc) is 2.18. The van der Waals surface area contributed by atoms with Gasteiger partial charge in [-0.2, -0.15) is 11.8 Å². The molecule has 0 aliphatic carbocycles. The molecule has 15 heavy (non-hydrogen) atoms. The minimum Gasteiger partial charge on any atom is -0.384 e. The molecule has 5 heteroatoms. The van der Waals surface area contributed by atoms with Crippen LogP contribution in [-0.4, -0.2) is 28.9 Å². The number of amides is 1. The van der Waals surface area contributed by atoms with Crippen LogP contribution < -0.4 is 11.1 Å². The van der Waals surface area contributed by atoms with Gasteiger partial charge in [0.2, 0.25) is 0 Å². The first-order valence-corrected chi connectivity index (χ1v) is 6.04. The topological polar surface area (TPSA) is 68.0 Å². The van der Waals surface area contributed by atoms with Gasteiger partial charge in [0.15, 0.2) is 0 Å². The van der Waals surface area contributed by atoms with E-state index in [2.05, 4.69) is 10.3 Å². The zero-order valence-corrected chi connectivity index (χ0v) is 9.67. The Balaban J connectivity index is 2.57. The molecule has 1 aromatic rings. The molecule has 0 aromatic carbocycles. The Bertz CT molecular complexity index is 326. The molecule has 0 spiro atoms. The van der Waals surface area contributed by atoms with E-state index >= 15 is 0 Å². The molecule has 82 valence electrons. The van der Waals surface area contributed by atoms with Crippen LogP contribution in [0.4, 0.5) is 5.82 Å². The molecular weight excluding hydrogens is 210 g/mol. The number of rotatable bonds is 4. The van der Waals surface area contributed by atoms with Crippen LogP contribution in [0.3, 0.4) is 0 Å². The maximum absolute atomic E-state index is 11.6. The Kier molecular flexibility index (Phi) is 4.42. The first-order chi connectivity index (χ1) is 7.13. The van der Waals surface area contributed by atoms with E-state index in [4.69, 9.17) is 5.73 Å². The number of anilines is 1. The Hall–Kier alpha value is -1.23. The van der Waals surface area contributed by atoms with Crippen LogP contribution in [0.25, 0.3) is 0 Å². The van der Waals surface area contributed by atoms with Gasteiger partial charge in [-0.05, 0) is 25.3 Å². The predicted octanol–water partition coefficient (Wildman–Crippen LogP) is 1.15. The van der Waals surface area contributed by atoms with Gasteiger partial charge in [-0.3, -0.25) is 4.79 Å². The van der Waals surface area contributed by atoms with Gasteiger partial charge in [-0.15, -0.1) is 0 Å². The zero-order valence-electron chi connectivity index (χ0n) is 8.86. The summed E-state index contributed by atoms with van der Waals surface area (Å²) in [6.07, 6.45) is 3.49. The number of nitrogen functional groups attached to an aromatic ring is 1. The lowest BCUT2D eigenvalue weighted by molar-refractivity contribution is 0.0943.